The van der Waals surface area contributed by atoms with E-state index in [9.17, 15) is 0 Å². The molecule has 28 valence electrons. The van der Waals surface area contributed by atoms with Crippen LogP contribution in [0.2, 0.25) is 13.1 Å². The van der Waals surface area contributed by atoms with Gasteiger partial charge in [0, 0.05) is 9.52 Å². The molecule has 0 aliphatic heterocycles. The fraction of sp³-hybridized carbons (Fsp3) is 1.00. The van der Waals surface area contributed by atoms with E-state index in [4.69, 9.17) is 0 Å². The van der Waals surface area contributed by atoms with Crippen LogP contribution in [0.3, 0.4) is 0 Å². The van der Waals surface area contributed by atoms with Crippen molar-refractivity contribution in [2.24, 2.45) is 0 Å². The van der Waals surface area contributed by atoms with Gasteiger partial charge in [0.25, 0.3) is 0 Å². The summed E-state index contributed by atoms with van der Waals surface area (Å²) >= 11 is 0. The quantitative estimate of drug-likeness (QED) is 0.391. The van der Waals surface area contributed by atoms with E-state index in [-0.39, 0.29) is 24.0 Å². The maximum atomic E-state index is 2.26. The van der Waals surface area contributed by atoms with E-state index in [1.165, 1.54) is 0 Å². The molecule has 0 N–H and O–H groups in total. The van der Waals surface area contributed by atoms with Gasteiger partial charge in [-0.05, 0) is 0 Å². The largest absolute Gasteiger partial charge is 0.107 e. The molecule has 0 nitrogen and oxygen atoms in total. The number of rotatable bonds is 0. The lowest BCUT2D eigenvalue weighted by Gasteiger charge is -1.45. The molecule has 0 radical (unpaired) electrons. The Morgan fingerprint density at radius 2 is 1.25 bits per heavy atom. The molecule has 0 saturated heterocycles. The highest BCUT2D eigenvalue weighted by molar-refractivity contribution is 14.0. The van der Waals surface area contributed by atoms with Gasteiger partial charge in [0.15, 0.2) is 0 Å². The maximum absolute atomic E-state index is 2.26. The second-order valence-corrected chi connectivity index (χ2v) is 2.12. The van der Waals surface area contributed by atoms with Gasteiger partial charge in [-0.3, -0.25) is 0 Å². The smallest absolute Gasteiger partial charge is 0.0135 e. The lowest BCUT2D eigenvalue weighted by atomic mass is 11.9. The van der Waals surface area contributed by atoms with Crippen LogP contribution in [0, 0.1) is 0 Å². The van der Waals surface area contributed by atoms with E-state index in [0.717, 1.165) is 0 Å². The summed E-state index contributed by atoms with van der Waals surface area (Å²) in [6.45, 7) is 4.53. The summed E-state index contributed by atoms with van der Waals surface area (Å²) in [5.74, 6) is 0. The molecule has 2 heteroatoms. The van der Waals surface area contributed by atoms with Crippen LogP contribution in [0.15, 0.2) is 0 Å². The first kappa shape index (κ1) is 8.87. The van der Waals surface area contributed by atoms with Gasteiger partial charge in [-0.1, -0.05) is 13.1 Å². The Kier molecular flexibility index (Phi) is 20.1. The SMILES string of the molecule is C[SiH2]C.I. The monoisotopic (exact) mass is 188 g/mol. The molecule has 0 aromatic carbocycles. The van der Waals surface area contributed by atoms with Crippen molar-refractivity contribution in [3.05, 3.63) is 0 Å². The van der Waals surface area contributed by atoms with E-state index in [0.29, 0.717) is 9.52 Å². The summed E-state index contributed by atoms with van der Waals surface area (Å²) in [5.41, 5.74) is 0. The molecule has 0 amide bonds. The molecule has 0 aromatic heterocycles. The van der Waals surface area contributed by atoms with Crippen LogP contribution in [0.4, 0.5) is 0 Å². The van der Waals surface area contributed by atoms with Crippen molar-refractivity contribution in [3.8, 4) is 0 Å². The Bertz CT molecular complexity index is 6.00. The Morgan fingerprint density at radius 3 is 1.25 bits per heavy atom. The molecular formula is C2H9ISi. The summed E-state index contributed by atoms with van der Waals surface area (Å²) in [6.07, 6.45) is 0. The van der Waals surface area contributed by atoms with Gasteiger partial charge in [-0.2, -0.15) is 0 Å². The zero-order chi connectivity index (χ0) is 2.71. The maximum Gasteiger partial charge on any atom is 0.0135 e. The van der Waals surface area contributed by atoms with Crippen molar-refractivity contribution >= 4 is 33.5 Å². The van der Waals surface area contributed by atoms with Gasteiger partial charge >= 0.3 is 0 Å². The number of halogens is 1. The van der Waals surface area contributed by atoms with Crippen LogP contribution >= 0.6 is 24.0 Å². The topological polar surface area (TPSA) is 0 Å². The Balaban J connectivity index is 0. The third kappa shape index (κ3) is 12.5. The van der Waals surface area contributed by atoms with Crippen LogP contribution in [0.5, 0.6) is 0 Å². The van der Waals surface area contributed by atoms with Gasteiger partial charge < -0.3 is 0 Å². The first-order valence-corrected chi connectivity index (χ1v) is 4.24. The van der Waals surface area contributed by atoms with Crippen LogP contribution in [0.25, 0.3) is 0 Å². The first-order chi connectivity index (χ1) is 1.41. The molecule has 0 unspecified atom stereocenters. The average molecular weight is 188 g/mol. The van der Waals surface area contributed by atoms with Crippen molar-refractivity contribution in [2.75, 3.05) is 0 Å². The van der Waals surface area contributed by atoms with Crippen molar-refractivity contribution in [2.45, 2.75) is 13.1 Å². The lowest BCUT2D eigenvalue weighted by molar-refractivity contribution is 2.14. The van der Waals surface area contributed by atoms with Gasteiger partial charge in [-0.25, -0.2) is 0 Å². The van der Waals surface area contributed by atoms with Crippen molar-refractivity contribution < 1.29 is 0 Å². The minimum Gasteiger partial charge on any atom is -0.107 e. The third-order valence-electron chi connectivity index (χ3n) is 0. The van der Waals surface area contributed by atoms with Gasteiger partial charge in [0.05, 0.1) is 0 Å². The highest BCUT2D eigenvalue weighted by atomic mass is 127. The molecule has 0 aromatic rings. The van der Waals surface area contributed by atoms with Crippen LogP contribution in [-0.4, -0.2) is 9.52 Å². The van der Waals surface area contributed by atoms with Crippen LogP contribution in [0.1, 0.15) is 0 Å². The molecule has 0 rings (SSSR count). The standard InChI is InChI=1S/C2H8Si.HI/c1-3-2;/h3H2,1-2H3;1H. The minimum absolute atomic E-state index is 0. The predicted octanol–water partition coefficient (Wildman–Crippen LogP) is 0.869. The Labute approximate surface area is 46.8 Å². The normalized spacial score (nSPS) is 4.50. The molecule has 0 spiro atoms. The third-order valence-corrected chi connectivity index (χ3v) is 0. The van der Waals surface area contributed by atoms with Crippen LogP contribution < -0.4 is 0 Å². The van der Waals surface area contributed by atoms with Gasteiger partial charge in [0.2, 0.25) is 0 Å². The fourth-order valence-corrected chi connectivity index (χ4v) is 0. The molecule has 4 heavy (non-hydrogen) atoms. The van der Waals surface area contributed by atoms with E-state index in [2.05, 4.69) is 13.1 Å². The summed E-state index contributed by atoms with van der Waals surface area (Å²) in [7, 11) is 0.417. The molecule has 0 bridgehead atoms. The highest BCUT2D eigenvalue weighted by Gasteiger charge is 1.38. The molecule has 0 aliphatic rings. The summed E-state index contributed by atoms with van der Waals surface area (Å²) in [6, 6.07) is 0. The number of hydrogen-bond acceptors (Lipinski definition) is 0. The van der Waals surface area contributed by atoms with E-state index in [1.54, 1.807) is 0 Å². The summed E-state index contributed by atoms with van der Waals surface area (Å²) in [4.78, 5) is 0. The molecular weight excluding hydrogens is 179 g/mol. The second-order valence-electron chi connectivity index (χ2n) is 0.707. The molecule has 0 heterocycles. The molecule has 0 atom stereocenters. The molecule has 0 aliphatic carbocycles. The summed E-state index contributed by atoms with van der Waals surface area (Å²) < 4.78 is 0. The van der Waals surface area contributed by atoms with Crippen LogP contribution in [-0.2, 0) is 0 Å². The fourth-order valence-electron chi connectivity index (χ4n) is 0. The van der Waals surface area contributed by atoms with E-state index < -0.39 is 0 Å². The average Bonchev–Trinajstić information content (AvgIpc) is 0.918. The van der Waals surface area contributed by atoms with Gasteiger partial charge in [-0.15, -0.1) is 24.0 Å². The van der Waals surface area contributed by atoms with E-state index >= 15 is 0 Å². The van der Waals surface area contributed by atoms with Crippen molar-refractivity contribution in [3.63, 3.8) is 0 Å². The molecule has 0 fully saturated rings. The second kappa shape index (κ2) is 9.04. The van der Waals surface area contributed by atoms with Crippen molar-refractivity contribution in [1.29, 1.82) is 0 Å². The lowest BCUT2D eigenvalue weighted by Crippen LogP contribution is -1.53. The minimum atomic E-state index is 0. The van der Waals surface area contributed by atoms with Crippen molar-refractivity contribution in [1.82, 2.24) is 0 Å². The zero-order valence-electron chi connectivity index (χ0n) is 3.12. The molecule has 0 saturated carbocycles. The van der Waals surface area contributed by atoms with Gasteiger partial charge in [0.1, 0.15) is 0 Å². The summed E-state index contributed by atoms with van der Waals surface area (Å²) in [5, 5.41) is 0. The van der Waals surface area contributed by atoms with E-state index in [1.807, 2.05) is 0 Å². The Morgan fingerprint density at radius 1 is 1.25 bits per heavy atom. The first-order valence-electron chi connectivity index (χ1n) is 1.41. The zero-order valence-corrected chi connectivity index (χ0v) is 6.86. The highest BCUT2D eigenvalue weighted by Crippen LogP contribution is 1.36. The Hall–Kier alpha value is 0.947. The number of hydrogen-bond donors (Lipinski definition) is 0. The predicted molar refractivity (Wildman–Crippen MR) is 35.7 cm³/mol.